The quantitative estimate of drug-likeness (QED) is 0.607. The molecule has 0 spiro atoms. The van der Waals surface area contributed by atoms with Gasteiger partial charge in [-0.1, -0.05) is 0 Å². The first-order chi connectivity index (χ1) is 9.35. The summed E-state index contributed by atoms with van der Waals surface area (Å²) in [6.07, 6.45) is 9.95. The maximum atomic E-state index is 5.99. The third-order valence-corrected chi connectivity index (χ3v) is 6.68. The Kier molecular flexibility index (Phi) is 3.33. The molecule has 4 bridgehead atoms. The maximum Gasteiger partial charge on any atom is 0.0469 e. The number of nitrogens with two attached hydrogens (primary N) is 1. The van der Waals surface area contributed by atoms with Crippen LogP contribution in [0.1, 0.15) is 44.9 Å². The highest BCUT2D eigenvalue weighted by Crippen LogP contribution is 2.58. The number of nitrogens with one attached hydrogen (secondary N) is 1. The molecule has 0 amide bonds. The molecule has 1 saturated heterocycles. The van der Waals surface area contributed by atoms with Gasteiger partial charge in [0.05, 0.1) is 0 Å². The summed E-state index contributed by atoms with van der Waals surface area (Å²) in [6.45, 7) is 1.88. The van der Waals surface area contributed by atoms with Crippen LogP contribution in [0, 0.1) is 35.5 Å². The lowest BCUT2D eigenvalue weighted by atomic mass is 9.49. The van der Waals surface area contributed by atoms with Crippen molar-refractivity contribution in [3.8, 4) is 0 Å². The molecule has 0 aromatic rings. The van der Waals surface area contributed by atoms with Gasteiger partial charge in [0, 0.05) is 19.3 Å². The van der Waals surface area contributed by atoms with Gasteiger partial charge >= 0.3 is 0 Å². The van der Waals surface area contributed by atoms with Crippen molar-refractivity contribution in [2.75, 3.05) is 13.2 Å². The van der Waals surface area contributed by atoms with Crippen molar-refractivity contribution in [3.63, 3.8) is 0 Å². The van der Waals surface area contributed by atoms with Crippen molar-refractivity contribution in [1.29, 1.82) is 0 Å². The highest BCUT2D eigenvalue weighted by atomic mass is 16.5. The molecule has 4 aliphatic carbocycles. The number of ether oxygens (including phenoxy) is 1. The summed E-state index contributed by atoms with van der Waals surface area (Å²) in [7, 11) is 0. The minimum absolute atomic E-state index is 0.555. The van der Waals surface area contributed by atoms with Gasteiger partial charge in [0.25, 0.3) is 0 Å². The van der Waals surface area contributed by atoms with Crippen molar-refractivity contribution < 1.29 is 4.74 Å². The van der Waals surface area contributed by atoms with Crippen molar-refractivity contribution in [2.45, 2.75) is 51.0 Å². The number of hydrogen-bond acceptors (Lipinski definition) is 3. The molecule has 4 saturated carbocycles. The Labute approximate surface area is 116 Å². The SMILES string of the molecule is NNC(C1CCOCC1)C1C2CC3CC(C2)CC1C3. The molecular weight excluding hydrogens is 236 g/mol. The zero-order chi connectivity index (χ0) is 12.8. The van der Waals surface area contributed by atoms with Crippen LogP contribution in [0.15, 0.2) is 0 Å². The predicted octanol–water partition coefficient (Wildman–Crippen LogP) is 2.32. The maximum absolute atomic E-state index is 5.99. The number of hydrazine groups is 1. The second kappa shape index (κ2) is 5.01. The van der Waals surface area contributed by atoms with Gasteiger partial charge in [0.15, 0.2) is 0 Å². The Morgan fingerprint density at radius 3 is 2.00 bits per heavy atom. The van der Waals surface area contributed by atoms with E-state index in [2.05, 4.69) is 5.43 Å². The molecule has 5 fully saturated rings. The minimum Gasteiger partial charge on any atom is -0.381 e. The van der Waals surface area contributed by atoms with Crippen LogP contribution in [-0.2, 0) is 4.74 Å². The smallest absolute Gasteiger partial charge is 0.0469 e. The zero-order valence-corrected chi connectivity index (χ0v) is 11.9. The van der Waals surface area contributed by atoms with E-state index < -0.39 is 0 Å². The van der Waals surface area contributed by atoms with Crippen LogP contribution in [0.4, 0.5) is 0 Å². The van der Waals surface area contributed by atoms with E-state index in [1.807, 2.05) is 0 Å². The third-order valence-electron chi connectivity index (χ3n) is 6.68. The summed E-state index contributed by atoms with van der Waals surface area (Å²) in [5, 5.41) is 0. The van der Waals surface area contributed by atoms with E-state index in [4.69, 9.17) is 10.6 Å². The van der Waals surface area contributed by atoms with Crippen LogP contribution in [0.5, 0.6) is 0 Å². The number of rotatable bonds is 3. The molecule has 3 heteroatoms. The van der Waals surface area contributed by atoms with Crippen molar-refractivity contribution >= 4 is 0 Å². The van der Waals surface area contributed by atoms with Crippen LogP contribution in [-0.4, -0.2) is 19.3 Å². The Bertz CT molecular complexity index is 299. The van der Waals surface area contributed by atoms with Gasteiger partial charge in [-0.15, -0.1) is 0 Å². The summed E-state index contributed by atoms with van der Waals surface area (Å²) in [4.78, 5) is 0. The van der Waals surface area contributed by atoms with Gasteiger partial charge in [-0.05, 0) is 80.5 Å². The van der Waals surface area contributed by atoms with E-state index in [-0.39, 0.29) is 0 Å². The fourth-order valence-corrected chi connectivity index (χ4v) is 6.19. The largest absolute Gasteiger partial charge is 0.381 e. The summed E-state index contributed by atoms with van der Waals surface area (Å²) in [6, 6.07) is 0.555. The molecule has 0 aromatic heterocycles. The van der Waals surface area contributed by atoms with Gasteiger partial charge < -0.3 is 4.74 Å². The lowest BCUT2D eigenvalue weighted by Crippen LogP contribution is -2.57. The van der Waals surface area contributed by atoms with E-state index in [0.717, 1.165) is 48.7 Å². The van der Waals surface area contributed by atoms with Crippen LogP contribution >= 0.6 is 0 Å². The summed E-state index contributed by atoms with van der Waals surface area (Å²) in [5.74, 6) is 11.7. The molecule has 1 aliphatic heterocycles. The van der Waals surface area contributed by atoms with Gasteiger partial charge in [-0.25, -0.2) is 0 Å². The van der Waals surface area contributed by atoms with Crippen LogP contribution in [0.25, 0.3) is 0 Å². The molecule has 1 atom stereocenters. The van der Waals surface area contributed by atoms with Gasteiger partial charge in [0.2, 0.25) is 0 Å². The second-order valence-corrected chi connectivity index (χ2v) is 7.65. The summed E-state index contributed by atoms with van der Waals surface area (Å²) in [5.41, 5.74) is 3.24. The average molecular weight is 264 g/mol. The van der Waals surface area contributed by atoms with Gasteiger partial charge in [-0.3, -0.25) is 11.3 Å². The molecular formula is C16H28N2O. The monoisotopic (exact) mass is 264 g/mol. The predicted molar refractivity (Wildman–Crippen MR) is 75.2 cm³/mol. The third kappa shape index (κ3) is 2.14. The van der Waals surface area contributed by atoms with Crippen LogP contribution in [0.2, 0.25) is 0 Å². The fourth-order valence-electron chi connectivity index (χ4n) is 6.19. The minimum atomic E-state index is 0.555. The Balaban J connectivity index is 1.53. The zero-order valence-electron chi connectivity index (χ0n) is 11.9. The first-order valence-electron chi connectivity index (χ1n) is 8.39. The summed E-state index contributed by atoms with van der Waals surface area (Å²) < 4.78 is 5.53. The standard InChI is InChI=1S/C16H28N2O/c17-18-16(12-1-3-19-4-2-12)15-13-6-10-5-11(8-13)9-14(15)7-10/h10-16,18H,1-9,17H2. The van der Waals surface area contributed by atoms with E-state index in [0.29, 0.717) is 6.04 Å². The van der Waals surface area contributed by atoms with E-state index in [9.17, 15) is 0 Å². The summed E-state index contributed by atoms with van der Waals surface area (Å²) >= 11 is 0. The molecule has 1 unspecified atom stereocenters. The Morgan fingerprint density at radius 2 is 1.47 bits per heavy atom. The Morgan fingerprint density at radius 1 is 0.895 bits per heavy atom. The highest BCUT2D eigenvalue weighted by Gasteiger charge is 2.51. The van der Waals surface area contributed by atoms with Crippen molar-refractivity contribution in [2.24, 2.45) is 41.4 Å². The van der Waals surface area contributed by atoms with Gasteiger partial charge in [0.1, 0.15) is 0 Å². The molecule has 1 heterocycles. The second-order valence-electron chi connectivity index (χ2n) is 7.65. The lowest BCUT2D eigenvalue weighted by Gasteiger charge is -2.57. The fraction of sp³-hybridized carbons (Fsp3) is 1.00. The molecule has 3 N–H and O–H groups in total. The number of hydrogen-bond donors (Lipinski definition) is 2. The molecule has 5 rings (SSSR count). The van der Waals surface area contributed by atoms with E-state index >= 15 is 0 Å². The average Bonchev–Trinajstić information content (AvgIpc) is 2.43. The molecule has 0 radical (unpaired) electrons. The lowest BCUT2D eigenvalue weighted by molar-refractivity contribution is -0.0699. The van der Waals surface area contributed by atoms with Crippen molar-refractivity contribution in [3.05, 3.63) is 0 Å². The van der Waals surface area contributed by atoms with Crippen LogP contribution in [0.3, 0.4) is 0 Å². The molecule has 3 nitrogen and oxygen atoms in total. The molecule has 0 aromatic carbocycles. The van der Waals surface area contributed by atoms with Crippen LogP contribution < -0.4 is 11.3 Å². The molecule has 108 valence electrons. The van der Waals surface area contributed by atoms with E-state index in [1.54, 1.807) is 0 Å². The normalized spacial score (nSPS) is 47.5. The molecule has 19 heavy (non-hydrogen) atoms. The van der Waals surface area contributed by atoms with Gasteiger partial charge in [-0.2, -0.15) is 0 Å². The Hall–Kier alpha value is -0.120. The topological polar surface area (TPSA) is 47.3 Å². The molecule has 5 aliphatic rings. The first kappa shape index (κ1) is 12.6. The first-order valence-corrected chi connectivity index (χ1v) is 8.39. The van der Waals surface area contributed by atoms with Crippen molar-refractivity contribution in [1.82, 2.24) is 5.43 Å². The van der Waals surface area contributed by atoms with E-state index in [1.165, 1.54) is 44.9 Å². The highest BCUT2D eigenvalue weighted by molar-refractivity contribution is 5.02.